The highest BCUT2D eigenvalue weighted by atomic mass is 32.2. The Bertz CT molecular complexity index is 385. The average Bonchev–Trinajstić information content (AvgIpc) is 2.39. The number of methoxy groups -OCH3 is 1. The Kier molecular flexibility index (Phi) is 6.70. The molecular formula is C11H22N2O5S. The van der Waals surface area contributed by atoms with Gasteiger partial charge in [-0.25, -0.2) is 8.42 Å². The van der Waals surface area contributed by atoms with Crippen LogP contribution in [0.15, 0.2) is 0 Å². The van der Waals surface area contributed by atoms with Crippen molar-refractivity contribution < 1.29 is 22.7 Å². The van der Waals surface area contributed by atoms with E-state index in [2.05, 4.69) is 5.32 Å². The molecule has 112 valence electrons. The third-order valence-electron chi connectivity index (χ3n) is 2.86. The lowest BCUT2D eigenvalue weighted by Gasteiger charge is -2.33. The molecule has 0 aromatic carbocycles. The summed E-state index contributed by atoms with van der Waals surface area (Å²) < 4.78 is 35.4. The first-order chi connectivity index (χ1) is 9.03. The molecule has 0 aromatic rings. The molecule has 1 heterocycles. The van der Waals surface area contributed by atoms with E-state index in [1.165, 1.54) is 11.4 Å². The van der Waals surface area contributed by atoms with Crippen molar-refractivity contribution in [1.29, 1.82) is 0 Å². The second-order valence-corrected chi connectivity index (χ2v) is 6.29. The smallest absolute Gasteiger partial charge is 0.325 e. The topological polar surface area (TPSA) is 84.9 Å². The molecular weight excluding hydrogens is 272 g/mol. The minimum absolute atomic E-state index is 0.0171. The van der Waals surface area contributed by atoms with E-state index >= 15 is 0 Å². The van der Waals surface area contributed by atoms with E-state index in [9.17, 15) is 13.2 Å². The SMILES string of the molecule is CCOC(=O)C1CNCCN1S(=O)(=O)CCCOC. The van der Waals surface area contributed by atoms with E-state index in [1.54, 1.807) is 6.92 Å². The van der Waals surface area contributed by atoms with Crippen molar-refractivity contribution in [2.45, 2.75) is 19.4 Å². The molecule has 8 heteroatoms. The molecule has 1 aliphatic heterocycles. The molecule has 0 radical (unpaired) electrons. The highest BCUT2D eigenvalue weighted by Crippen LogP contribution is 2.13. The second kappa shape index (κ2) is 7.78. The summed E-state index contributed by atoms with van der Waals surface area (Å²) in [4.78, 5) is 11.8. The van der Waals surface area contributed by atoms with E-state index < -0.39 is 22.0 Å². The number of piperazine rings is 1. The molecule has 1 atom stereocenters. The summed E-state index contributed by atoms with van der Waals surface area (Å²) in [5, 5.41) is 3.01. The Labute approximate surface area is 114 Å². The van der Waals surface area contributed by atoms with Crippen molar-refractivity contribution in [2.75, 3.05) is 45.7 Å². The van der Waals surface area contributed by atoms with Crippen LogP contribution in [0, 0.1) is 0 Å². The number of sulfonamides is 1. The van der Waals surface area contributed by atoms with Crippen LogP contribution in [0.1, 0.15) is 13.3 Å². The number of nitrogens with one attached hydrogen (secondary N) is 1. The fourth-order valence-electron chi connectivity index (χ4n) is 1.96. The zero-order chi connectivity index (χ0) is 14.3. The van der Waals surface area contributed by atoms with Crippen LogP contribution < -0.4 is 5.32 Å². The predicted octanol–water partition coefficient (Wildman–Crippen LogP) is -0.810. The maximum absolute atomic E-state index is 12.2. The first-order valence-corrected chi connectivity index (χ1v) is 7.99. The number of esters is 1. The van der Waals surface area contributed by atoms with E-state index in [4.69, 9.17) is 9.47 Å². The molecule has 1 unspecified atom stereocenters. The molecule has 0 aliphatic carbocycles. The van der Waals surface area contributed by atoms with Crippen molar-refractivity contribution in [3.63, 3.8) is 0 Å². The summed E-state index contributed by atoms with van der Waals surface area (Å²) in [6.07, 6.45) is 0.415. The zero-order valence-corrected chi connectivity index (χ0v) is 12.2. The summed E-state index contributed by atoms with van der Waals surface area (Å²) in [7, 11) is -1.93. The lowest BCUT2D eigenvalue weighted by atomic mass is 10.2. The first kappa shape index (κ1) is 16.4. The van der Waals surface area contributed by atoms with Gasteiger partial charge in [-0.05, 0) is 13.3 Å². The van der Waals surface area contributed by atoms with Crippen LogP contribution in [-0.2, 0) is 24.3 Å². The molecule has 0 saturated carbocycles. The third-order valence-corrected chi connectivity index (χ3v) is 4.82. The van der Waals surface area contributed by atoms with Gasteiger partial charge in [-0.15, -0.1) is 0 Å². The number of nitrogens with zero attached hydrogens (tertiary/aromatic N) is 1. The lowest BCUT2D eigenvalue weighted by molar-refractivity contribution is -0.148. The quantitative estimate of drug-likeness (QED) is 0.488. The molecule has 0 amide bonds. The Balaban J connectivity index is 2.72. The molecule has 1 saturated heterocycles. The lowest BCUT2D eigenvalue weighted by Crippen LogP contribution is -2.57. The molecule has 1 N–H and O–H groups in total. The Morgan fingerprint density at radius 1 is 1.47 bits per heavy atom. The maximum Gasteiger partial charge on any atom is 0.325 e. The fourth-order valence-corrected chi connectivity index (χ4v) is 3.60. The molecule has 1 rings (SSSR count). The molecule has 7 nitrogen and oxygen atoms in total. The number of hydrogen-bond donors (Lipinski definition) is 1. The third kappa shape index (κ3) is 4.72. The van der Waals surface area contributed by atoms with Gasteiger partial charge in [0.25, 0.3) is 0 Å². The minimum Gasteiger partial charge on any atom is -0.465 e. The van der Waals surface area contributed by atoms with Gasteiger partial charge in [0.2, 0.25) is 10.0 Å². The van der Waals surface area contributed by atoms with Crippen molar-refractivity contribution in [3.05, 3.63) is 0 Å². The minimum atomic E-state index is -3.46. The van der Waals surface area contributed by atoms with Crippen LogP contribution in [-0.4, -0.2) is 70.4 Å². The van der Waals surface area contributed by atoms with Gasteiger partial charge >= 0.3 is 5.97 Å². The second-order valence-electron chi connectivity index (χ2n) is 4.25. The van der Waals surface area contributed by atoms with Gasteiger partial charge in [0.1, 0.15) is 6.04 Å². The summed E-state index contributed by atoms with van der Waals surface area (Å²) in [5.41, 5.74) is 0. The highest BCUT2D eigenvalue weighted by molar-refractivity contribution is 7.89. The van der Waals surface area contributed by atoms with Gasteiger partial charge in [-0.1, -0.05) is 0 Å². The summed E-state index contributed by atoms with van der Waals surface area (Å²) in [6.45, 7) is 3.45. The number of carbonyl (C=O) groups is 1. The van der Waals surface area contributed by atoms with Crippen LogP contribution in [0.3, 0.4) is 0 Å². The molecule has 0 bridgehead atoms. The van der Waals surface area contributed by atoms with Crippen LogP contribution in [0.4, 0.5) is 0 Å². The highest BCUT2D eigenvalue weighted by Gasteiger charge is 2.37. The average molecular weight is 294 g/mol. The van der Waals surface area contributed by atoms with Crippen molar-refractivity contribution >= 4 is 16.0 Å². The maximum atomic E-state index is 12.2. The van der Waals surface area contributed by atoms with E-state index in [0.29, 0.717) is 32.7 Å². The van der Waals surface area contributed by atoms with Crippen molar-refractivity contribution in [3.8, 4) is 0 Å². The number of rotatable bonds is 7. The van der Waals surface area contributed by atoms with Crippen LogP contribution in [0.25, 0.3) is 0 Å². The summed E-state index contributed by atoms with van der Waals surface area (Å²) in [6, 6.07) is -0.763. The van der Waals surface area contributed by atoms with Crippen molar-refractivity contribution in [1.82, 2.24) is 9.62 Å². The Hall–Kier alpha value is -0.700. The van der Waals surface area contributed by atoms with E-state index in [-0.39, 0.29) is 12.4 Å². The molecule has 1 fully saturated rings. The molecule has 1 aliphatic rings. The summed E-state index contributed by atoms with van der Waals surface area (Å²) >= 11 is 0. The predicted molar refractivity (Wildman–Crippen MR) is 70.3 cm³/mol. The van der Waals surface area contributed by atoms with Gasteiger partial charge < -0.3 is 14.8 Å². The van der Waals surface area contributed by atoms with E-state index in [1.807, 2.05) is 0 Å². The number of hydrogen-bond acceptors (Lipinski definition) is 6. The first-order valence-electron chi connectivity index (χ1n) is 6.38. The van der Waals surface area contributed by atoms with Crippen molar-refractivity contribution in [2.24, 2.45) is 0 Å². The van der Waals surface area contributed by atoms with Gasteiger partial charge in [0, 0.05) is 33.4 Å². The molecule has 0 aromatic heterocycles. The van der Waals surface area contributed by atoms with Crippen LogP contribution in [0.5, 0.6) is 0 Å². The standard InChI is InChI=1S/C11H22N2O5S/c1-3-18-11(14)10-9-12-5-6-13(10)19(15,16)8-4-7-17-2/h10,12H,3-9H2,1-2H3. The molecule has 0 spiro atoms. The Morgan fingerprint density at radius 3 is 2.84 bits per heavy atom. The fraction of sp³-hybridized carbons (Fsp3) is 0.909. The van der Waals surface area contributed by atoms with Crippen LogP contribution >= 0.6 is 0 Å². The van der Waals surface area contributed by atoms with Gasteiger partial charge in [0.05, 0.1) is 12.4 Å². The summed E-state index contributed by atoms with van der Waals surface area (Å²) in [5.74, 6) is -0.512. The van der Waals surface area contributed by atoms with Crippen LogP contribution in [0.2, 0.25) is 0 Å². The Morgan fingerprint density at radius 2 is 2.21 bits per heavy atom. The van der Waals surface area contributed by atoms with Gasteiger partial charge in [-0.3, -0.25) is 4.79 Å². The van der Waals surface area contributed by atoms with Gasteiger partial charge in [0.15, 0.2) is 0 Å². The van der Waals surface area contributed by atoms with Gasteiger partial charge in [-0.2, -0.15) is 4.31 Å². The normalized spacial score (nSPS) is 21.3. The monoisotopic (exact) mass is 294 g/mol. The molecule has 19 heavy (non-hydrogen) atoms. The number of ether oxygens (including phenoxy) is 2. The number of carbonyl (C=O) groups excluding carboxylic acids is 1. The largest absolute Gasteiger partial charge is 0.465 e. The zero-order valence-electron chi connectivity index (χ0n) is 11.4. The van der Waals surface area contributed by atoms with E-state index in [0.717, 1.165) is 0 Å².